The zero-order valence-electron chi connectivity index (χ0n) is 16.4. The van der Waals surface area contributed by atoms with Crippen LogP contribution in [0.4, 0.5) is 13.2 Å². The molecule has 0 radical (unpaired) electrons. The van der Waals surface area contributed by atoms with Crippen LogP contribution in [0, 0.1) is 0 Å². The van der Waals surface area contributed by atoms with Crippen LogP contribution in [0.25, 0.3) is 0 Å². The SMILES string of the molecule is O=C(Cn1c(C(F)(F)F)nc2c1CCCC2)N1N=C(c2cccs2)C[C@@H]1c1ccco1. The molecular weight excluding hydrogens is 429 g/mol. The Kier molecular flexibility index (Phi) is 4.96. The summed E-state index contributed by atoms with van der Waals surface area (Å²) in [6.45, 7) is -0.463. The molecule has 0 saturated heterocycles. The lowest BCUT2D eigenvalue weighted by atomic mass is 10.0. The van der Waals surface area contributed by atoms with Crippen LogP contribution >= 0.6 is 11.3 Å². The maximum Gasteiger partial charge on any atom is 0.449 e. The second-order valence-electron chi connectivity index (χ2n) is 7.62. The fourth-order valence-electron chi connectivity index (χ4n) is 4.23. The Labute approximate surface area is 180 Å². The molecule has 1 aliphatic heterocycles. The second kappa shape index (κ2) is 7.67. The fourth-order valence-corrected chi connectivity index (χ4v) is 4.95. The van der Waals surface area contributed by atoms with E-state index < -0.39 is 30.5 Å². The molecule has 162 valence electrons. The van der Waals surface area contributed by atoms with E-state index >= 15 is 0 Å². The molecule has 10 heteroatoms. The van der Waals surface area contributed by atoms with Crippen molar-refractivity contribution in [1.82, 2.24) is 14.6 Å². The number of hydrazone groups is 1. The normalized spacial score (nSPS) is 18.9. The van der Waals surface area contributed by atoms with Gasteiger partial charge in [0.1, 0.15) is 18.3 Å². The van der Waals surface area contributed by atoms with Gasteiger partial charge in [0, 0.05) is 12.1 Å². The van der Waals surface area contributed by atoms with Gasteiger partial charge in [0.25, 0.3) is 5.91 Å². The lowest BCUT2D eigenvalue weighted by Crippen LogP contribution is -2.32. The van der Waals surface area contributed by atoms with Crippen molar-refractivity contribution in [2.24, 2.45) is 5.10 Å². The van der Waals surface area contributed by atoms with Crippen molar-refractivity contribution in [1.29, 1.82) is 0 Å². The summed E-state index contributed by atoms with van der Waals surface area (Å²) in [6.07, 6.45) is -0.118. The Balaban J connectivity index is 1.49. The number of hydrogen-bond acceptors (Lipinski definition) is 5. The minimum Gasteiger partial charge on any atom is -0.467 e. The second-order valence-corrected chi connectivity index (χ2v) is 8.57. The van der Waals surface area contributed by atoms with Crippen molar-refractivity contribution in [2.75, 3.05) is 0 Å². The molecule has 0 N–H and O–H groups in total. The summed E-state index contributed by atoms with van der Waals surface area (Å²) in [6, 6.07) is 6.77. The standard InChI is InChI=1S/C21H19F3N4O2S/c22-21(23,24)20-25-13-5-1-2-6-15(13)27(20)12-19(29)28-16(17-7-3-9-30-17)11-14(26-28)18-8-4-10-31-18/h3-4,7-10,16H,1-2,5-6,11-12H2/t16-/m1/s1. The first-order valence-corrected chi connectivity index (χ1v) is 10.9. The van der Waals surface area contributed by atoms with Gasteiger partial charge >= 0.3 is 6.18 Å². The molecule has 1 amide bonds. The third kappa shape index (κ3) is 3.69. The number of alkyl halides is 3. The number of furan rings is 1. The number of nitrogens with zero attached hydrogens (tertiary/aromatic N) is 4. The summed E-state index contributed by atoms with van der Waals surface area (Å²) < 4.78 is 47.5. The number of aryl methyl sites for hydroxylation is 1. The Hall–Kier alpha value is -2.88. The molecule has 3 aromatic rings. The van der Waals surface area contributed by atoms with Crippen molar-refractivity contribution < 1.29 is 22.4 Å². The van der Waals surface area contributed by atoms with Crippen LogP contribution in [0.5, 0.6) is 0 Å². The number of halogens is 3. The zero-order valence-corrected chi connectivity index (χ0v) is 17.2. The van der Waals surface area contributed by atoms with E-state index in [1.165, 1.54) is 22.6 Å². The Bertz CT molecular complexity index is 1120. The average Bonchev–Trinajstić information content (AvgIpc) is 3.52. The summed E-state index contributed by atoms with van der Waals surface area (Å²) in [4.78, 5) is 18.0. The van der Waals surface area contributed by atoms with Crippen LogP contribution in [-0.4, -0.2) is 26.2 Å². The van der Waals surface area contributed by atoms with Crippen molar-refractivity contribution in [3.8, 4) is 0 Å². The Morgan fingerprint density at radius 1 is 1.23 bits per heavy atom. The van der Waals surface area contributed by atoms with E-state index in [9.17, 15) is 18.0 Å². The van der Waals surface area contributed by atoms with E-state index in [1.807, 2.05) is 17.5 Å². The van der Waals surface area contributed by atoms with Gasteiger partial charge in [-0.3, -0.25) is 4.79 Å². The van der Waals surface area contributed by atoms with Crippen molar-refractivity contribution in [3.63, 3.8) is 0 Å². The number of imidazole rings is 1. The fraction of sp³-hybridized carbons (Fsp3) is 0.381. The molecule has 5 rings (SSSR count). The van der Waals surface area contributed by atoms with Gasteiger partial charge in [0.05, 0.1) is 22.5 Å². The lowest BCUT2D eigenvalue weighted by Gasteiger charge is -2.22. The monoisotopic (exact) mass is 448 g/mol. The summed E-state index contributed by atoms with van der Waals surface area (Å²) in [5, 5.41) is 7.67. The molecular formula is C21H19F3N4O2S. The molecule has 0 spiro atoms. The molecule has 0 aromatic carbocycles. The number of thiophene rings is 1. The summed E-state index contributed by atoms with van der Waals surface area (Å²) >= 11 is 1.50. The number of hydrogen-bond donors (Lipinski definition) is 0. The summed E-state index contributed by atoms with van der Waals surface area (Å²) in [5.41, 5.74) is 1.66. The average molecular weight is 448 g/mol. The predicted molar refractivity (Wildman–Crippen MR) is 108 cm³/mol. The highest BCUT2D eigenvalue weighted by atomic mass is 32.1. The molecule has 3 aromatic heterocycles. The van der Waals surface area contributed by atoms with Gasteiger partial charge in [-0.1, -0.05) is 6.07 Å². The quantitative estimate of drug-likeness (QED) is 0.575. The first kappa shape index (κ1) is 20.0. The van der Waals surface area contributed by atoms with E-state index in [0.29, 0.717) is 42.1 Å². The molecule has 0 bridgehead atoms. The van der Waals surface area contributed by atoms with Crippen LogP contribution in [0.15, 0.2) is 45.4 Å². The molecule has 4 heterocycles. The molecule has 1 atom stereocenters. The smallest absolute Gasteiger partial charge is 0.449 e. The van der Waals surface area contributed by atoms with Gasteiger partial charge < -0.3 is 8.98 Å². The first-order chi connectivity index (χ1) is 14.9. The zero-order chi connectivity index (χ0) is 21.6. The maximum atomic E-state index is 13.7. The number of aromatic nitrogens is 2. The molecule has 31 heavy (non-hydrogen) atoms. The van der Waals surface area contributed by atoms with E-state index in [2.05, 4.69) is 10.1 Å². The lowest BCUT2D eigenvalue weighted by molar-refractivity contribution is -0.148. The van der Waals surface area contributed by atoms with Gasteiger partial charge in [0.15, 0.2) is 0 Å². The van der Waals surface area contributed by atoms with E-state index in [1.54, 1.807) is 12.1 Å². The van der Waals surface area contributed by atoms with Crippen LogP contribution in [0.3, 0.4) is 0 Å². The first-order valence-electron chi connectivity index (χ1n) is 10.0. The molecule has 0 fully saturated rings. The Morgan fingerprint density at radius 2 is 2.06 bits per heavy atom. The number of carbonyl (C=O) groups excluding carboxylic acids is 1. The molecule has 2 aliphatic rings. The van der Waals surface area contributed by atoms with Gasteiger partial charge in [-0.2, -0.15) is 18.3 Å². The highest BCUT2D eigenvalue weighted by molar-refractivity contribution is 7.12. The number of rotatable bonds is 4. The molecule has 0 unspecified atom stereocenters. The minimum absolute atomic E-state index is 0.438. The van der Waals surface area contributed by atoms with Crippen molar-refractivity contribution in [2.45, 2.75) is 50.9 Å². The Morgan fingerprint density at radius 3 is 2.77 bits per heavy atom. The van der Waals surface area contributed by atoms with Crippen LogP contribution in [0.1, 0.15) is 53.2 Å². The topological polar surface area (TPSA) is 63.6 Å². The molecule has 6 nitrogen and oxygen atoms in total. The number of amides is 1. The highest BCUT2D eigenvalue weighted by Crippen LogP contribution is 2.36. The summed E-state index contributed by atoms with van der Waals surface area (Å²) in [5.74, 6) is -0.986. The van der Waals surface area contributed by atoms with Crippen LogP contribution < -0.4 is 0 Å². The minimum atomic E-state index is -4.63. The largest absolute Gasteiger partial charge is 0.467 e. The van der Waals surface area contributed by atoms with Crippen molar-refractivity contribution >= 4 is 23.0 Å². The van der Waals surface area contributed by atoms with Gasteiger partial charge in [-0.25, -0.2) is 9.99 Å². The van der Waals surface area contributed by atoms with E-state index in [4.69, 9.17) is 4.42 Å². The third-order valence-corrected chi connectivity index (χ3v) is 6.54. The highest BCUT2D eigenvalue weighted by Gasteiger charge is 2.41. The third-order valence-electron chi connectivity index (χ3n) is 5.62. The van der Waals surface area contributed by atoms with Gasteiger partial charge in [-0.15, -0.1) is 11.3 Å². The number of carbonyl (C=O) groups is 1. The predicted octanol–water partition coefficient (Wildman–Crippen LogP) is 4.81. The van der Waals surface area contributed by atoms with Crippen LogP contribution in [0.2, 0.25) is 0 Å². The van der Waals surface area contributed by atoms with E-state index in [-0.39, 0.29) is 0 Å². The number of fused-ring (bicyclic) bond motifs is 1. The van der Waals surface area contributed by atoms with Crippen molar-refractivity contribution in [3.05, 3.63) is 63.8 Å². The molecule has 1 aliphatic carbocycles. The van der Waals surface area contributed by atoms with E-state index in [0.717, 1.165) is 22.3 Å². The van der Waals surface area contributed by atoms with Crippen LogP contribution in [-0.2, 0) is 30.4 Å². The maximum absolute atomic E-state index is 13.7. The summed E-state index contributed by atoms with van der Waals surface area (Å²) in [7, 11) is 0. The molecule has 0 saturated carbocycles. The van der Waals surface area contributed by atoms with Gasteiger partial charge in [0.2, 0.25) is 5.82 Å². The van der Waals surface area contributed by atoms with Gasteiger partial charge in [-0.05, 0) is 49.3 Å².